The fourth-order valence-corrected chi connectivity index (χ4v) is 8.50. The van der Waals surface area contributed by atoms with E-state index in [9.17, 15) is 0 Å². The van der Waals surface area contributed by atoms with Crippen molar-refractivity contribution >= 4 is 52.0 Å². The molecule has 1 aliphatic heterocycles. The molecule has 1 heterocycles. The van der Waals surface area contributed by atoms with Crippen LogP contribution in [0.1, 0.15) is 5.56 Å². The standard InChI is InChI=1S/C22H21N2OPS2/c1-17-8-10-18(11-9-17)23-16-22(27)24(19-6-4-3-5-7-19)26(23,28)21-14-12-20(25-2)13-15-21/h3-15H,16H2,1-2H3. The van der Waals surface area contributed by atoms with Gasteiger partial charge < -0.3 is 9.41 Å². The number of methoxy groups -OCH3 is 1. The monoisotopic (exact) mass is 424 g/mol. The minimum Gasteiger partial charge on any atom is -0.497 e. The molecule has 3 nitrogen and oxygen atoms in total. The van der Waals surface area contributed by atoms with Crippen molar-refractivity contribution in [1.29, 1.82) is 0 Å². The quantitative estimate of drug-likeness (QED) is 0.416. The van der Waals surface area contributed by atoms with Crippen LogP contribution in [0, 0.1) is 6.92 Å². The molecule has 3 aromatic carbocycles. The van der Waals surface area contributed by atoms with Gasteiger partial charge in [-0.15, -0.1) is 0 Å². The Morgan fingerprint density at radius 3 is 2.11 bits per heavy atom. The molecule has 28 heavy (non-hydrogen) atoms. The Morgan fingerprint density at radius 1 is 0.857 bits per heavy atom. The molecule has 0 aliphatic carbocycles. The predicted octanol–water partition coefficient (Wildman–Crippen LogP) is 5.29. The van der Waals surface area contributed by atoms with E-state index < -0.39 is 6.34 Å². The smallest absolute Gasteiger partial charge is 0.158 e. The van der Waals surface area contributed by atoms with E-state index in [2.05, 4.69) is 64.8 Å². The minimum absolute atomic E-state index is 0.636. The second-order valence-electron chi connectivity index (χ2n) is 6.68. The third-order valence-electron chi connectivity index (χ3n) is 4.86. The van der Waals surface area contributed by atoms with Crippen molar-refractivity contribution < 1.29 is 4.74 Å². The lowest BCUT2D eigenvalue weighted by atomic mass is 10.2. The maximum Gasteiger partial charge on any atom is 0.158 e. The zero-order valence-corrected chi connectivity index (χ0v) is 18.3. The first-order valence-corrected chi connectivity index (χ1v) is 12.1. The van der Waals surface area contributed by atoms with E-state index in [4.69, 9.17) is 28.8 Å². The van der Waals surface area contributed by atoms with Crippen molar-refractivity contribution in [3.63, 3.8) is 0 Å². The first-order valence-electron chi connectivity index (χ1n) is 9.02. The molecule has 0 bridgehead atoms. The Kier molecular flexibility index (Phi) is 5.24. The van der Waals surface area contributed by atoms with Crippen LogP contribution in [0.2, 0.25) is 0 Å². The molecular formula is C22H21N2OPS2. The number of thiocarbonyl (C=S) groups is 1. The minimum atomic E-state index is -2.38. The van der Waals surface area contributed by atoms with Crippen LogP contribution in [0.5, 0.6) is 5.75 Å². The topological polar surface area (TPSA) is 15.7 Å². The number of para-hydroxylation sites is 1. The molecule has 1 unspecified atom stereocenters. The maximum atomic E-state index is 6.46. The average Bonchev–Trinajstić information content (AvgIpc) is 3.00. The predicted molar refractivity (Wildman–Crippen MR) is 127 cm³/mol. The molecule has 4 rings (SSSR count). The molecule has 0 saturated carbocycles. The summed E-state index contributed by atoms with van der Waals surface area (Å²) in [5.41, 5.74) is 3.37. The molecule has 1 fully saturated rings. The van der Waals surface area contributed by atoms with Gasteiger partial charge in [-0.2, -0.15) is 0 Å². The van der Waals surface area contributed by atoms with Gasteiger partial charge in [-0.1, -0.05) is 48.1 Å². The van der Waals surface area contributed by atoms with Crippen LogP contribution in [0.4, 0.5) is 11.4 Å². The molecule has 1 atom stereocenters. The Morgan fingerprint density at radius 2 is 1.50 bits per heavy atom. The van der Waals surface area contributed by atoms with E-state index >= 15 is 0 Å². The molecule has 0 N–H and O–H groups in total. The zero-order chi connectivity index (χ0) is 19.7. The van der Waals surface area contributed by atoms with Gasteiger partial charge in [-0.25, -0.2) is 0 Å². The number of ether oxygens (including phenoxy) is 1. The molecule has 1 aliphatic rings. The summed E-state index contributed by atoms with van der Waals surface area (Å²) < 4.78 is 9.85. The molecule has 1 saturated heterocycles. The van der Waals surface area contributed by atoms with E-state index in [0.717, 1.165) is 27.4 Å². The summed E-state index contributed by atoms with van der Waals surface area (Å²) in [6.45, 7) is 2.73. The largest absolute Gasteiger partial charge is 0.497 e. The highest BCUT2D eigenvalue weighted by Gasteiger charge is 2.43. The van der Waals surface area contributed by atoms with Gasteiger partial charge in [0.1, 0.15) is 10.7 Å². The van der Waals surface area contributed by atoms with E-state index in [1.54, 1.807) is 7.11 Å². The molecule has 142 valence electrons. The number of benzene rings is 3. The van der Waals surface area contributed by atoms with Crippen molar-refractivity contribution in [3.05, 3.63) is 84.4 Å². The Balaban J connectivity index is 1.90. The van der Waals surface area contributed by atoms with Crippen LogP contribution in [0.15, 0.2) is 78.9 Å². The number of anilines is 2. The number of rotatable bonds is 4. The van der Waals surface area contributed by atoms with E-state index in [1.165, 1.54) is 5.56 Å². The lowest BCUT2D eigenvalue weighted by Crippen LogP contribution is -2.27. The highest BCUT2D eigenvalue weighted by atomic mass is 32.4. The molecule has 3 aromatic rings. The number of hydrogen-bond donors (Lipinski definition) is 0. The molecule has 6 heteroatoms. The third-order valence-corrected chi connectivity index (χ3v) is 10.0. The molecule has 0 aromatic heterocycles. The summed E-state index contributed by atoms with van der Waals surface area (Å²) in [6, 6.07) is 26.8. The van der Waals surface area contributed by atoms with Gasteiger partial charge in [0, 0.05) is 16.7 Å². The number of hydrogen-bond acceptors (Lipinski definition) is 3. The fourth-order valence-electron chi connectivity index (χ4n) is 3.42. The maximum absolute atomic E-state index is 6.46. The first kappa shape index (κ1) is 19.1. The summed E-state index contributed by atoms with van der Waals surface area (Å²) >= 11 is 12.3. The van der Waals surface area contributed by atoms with Gasteiger partial charge in [0.05, 0.1) is 13.7 Å². The van der Waals surface area contributed by atoms with Crippen LogP contribution in [0.25, 0.3) is 0 Å². The Hall–Kier alpha value is -2.20. The fraction of sp³-hybridized carbons (Fsp3) is 0.136. The first-order chi connectivity index (χ1) is 13.5. The average molecular weight is 425 g/mol. The van der Waals surface area contributed by atoms with Gasteiger partial charge in [-0.3, -0.25) is 4.67 Å². The molecule has 0 amide bonds. The van der Waals surface area contributed by atoms with Gasteiger partial charge in [-0.05, 0) is 67.3 Å². The van der Waals surface area contributed by atoms with Crippen LogP contribution >= 0.6 is 18.6 Å². The SMILES string of the molecule is COc1ccc(P2(=S)N(c3ccc(C)cc3)CC(=S)N2c2ccccc2)cc1. The van der Waals surface area contributed by atoms with Gasteiger partial charge in [0.15, 0.2) is 6.34 Å². The van der Waals surface area contributed by atoms with Crippen molar-refractivity contribution in [2.24, 2.45) is 0 Å². The second kappa shape index (κ2) is 7.67. The van der Waals surface area contributed by atoms with Crippen molar-refractivity contribution in [2.75, 3.05) is 23.0 Å². The number of aryl methyl sites for hydroxylation is 1. The van der Waals surface area contributed by atoms with Crippen LogP contribution in [0.3, 0.4) is 0 Å². The van der Waals surface area contributed by atoms with Crippen molar-refractivity contribution in [2.45, 2.75) is 6.92 Å². The Bertz CT molecular complexity index is 1040. The summed E-state index contributed by atoms with van der Waals surface area (Å²) in [7, 11) is 1.67. The summed E-state index contributed by atoms with van der Waals surface area (Å²) in [5.74, 6) is 0.820. The third kappa shape index (κ3) is 3.24. The van der Waals surface area contributed by atoms with Crippen molar-refractivity contribution in [3.8, 4) is 5.75 Å². The molecule has 0 radical (unpaired) electrons. The van der Waals surface area contributed by atoms with Gasteiger partial charge in [0.25, 0.3) is 0 Å². The lowest BCUT2D eigenvalue weighted by Gasteiger charge is -2.36. The van der Waals surface area contributed by atoms with Crippen LogP contribution in [-0.4, -0.2) is 18.6 Å². The highest BCUT2D eigenvalue weighted by molar-refractivity contribution is 8.20. The van der Waals surface area contributed by atoms with Crippen LogP contribution in [-0.2, 0) is 11.8 Å². The zero-order valence-electron chi connectivity index (χ0n) is 15.8. The Labute approximate surface area is 176 Å². The van der Waals surface area contributed by atoms with E-state index in [1.807, 2.05) is 30.3 Å². The summed E-state index contributed by atoms with van der Waals surface area (Å²) in [5, 5.41) is 1.09. The second-order valence-corrected chi connectivity index (χ2v) is 11.2. The van der Waals surface area contributed by atoms with Crippen molar-refractivity contribution in [1.82, 2.24) is 0 Å². The van der Waals surface area contributed by atoms with Gasteiger partial charge in [0.2, 0.25) is 0 Å². The van der Waals surface area contributed by atoms with E-state index in [-0.39, 0.29) is 0 Å². The highest BCUT2D eigenvalue weighted by Crippen LogP contribution is 2.60. The summed E-state index contributed by atoms with van der Waals surface area (Å²) in [4.78, 5) is 0.853. The van der Waals surface area contributed by atoms with Crippen LogP contribution < -0.4 is 19.4 Å². The lowest BCUT2D eigenvalue weighted by molar-refractivity contribution is 0.415. The normalized spacial score (nSPS) is 19.1. The van der Waals surface area contributed by atoms with Gasteiger partial charge >= 0.3 is 0 Å². The number of nitrogens with zero attached hydrogens (tertiary/aromatic N) is 2. The summed E-state index contributed by atoms with van der Waals surface area (Å²) in [6.07, 6.45) is -2.38. The van der Waals surface area contributed by atoms with E-state index in [0.29, 0.717) is 6.54 Å². The molecule has 0 spiro atoms. The molecular weight excluding hydrogens is 403 g/mol.